The van der Waals surface area contributed by atoms with E-state index in [1.54, 1.807) is 17.8 Å². The molecule has 11 nitrogen and oxygen atoms in total. The quantitative estimate of drug-likeness (QED) is 0.348. The number of pyridine rings is 1. The first-order chi connectivity index (χ1) is 18.7. The van der Waals surface area contributed by atoms with Gasteiger partial charge in [-0.25, -0.2) is 9.97 Å². The van der Waals surface area contributed by atoms with Crippen LogP contribution >= 0.6 is 0 Å². The highest BCUT2D eigenvalue weighted by atomic mass is 16.5. The second-order valence-corrected chi connectivity index (χ2v) is 9.92. The van der Waals surface area contributed by atoms with Crippen molar-refractivity contribution < 1.29 is 14.3 Å². The summed E-state index contributed by atoms with van der Waals surface area (Å²) < 4.78 is 14.8. The van der Waals surface area contributed by atoms with Gasteiger partial charge in [0.15, 0.2) is 5.65 Å². The van der Waals surface area contributed by atoms with Gasteiger partial charge in [0.25, 0.3) is 5.91 Å². The lowest BCUT2D eigenvalue weighted by atomic mass is 9.89. The van der Waals surface area contributed by atoms with Crippen LogP contribution in [0.3, 0.4) is 0 Å². The van der Waals surface area contributed by atoms with Crippen molar-refractivity contribution in [2.24, 2.45) is 0 Å². The second-order valence-electron chi connectivity index (χ2n) is 9.92. The van der Waals surface area contributed by atoms with Crippen LogP contribution < -0.4 is 10.6 Å². The van der Waals surface area contributed by atoms with Crippen molar-refractivity contribution in [3.05, 3.63) is 42.4 Å². The van der Waals surface area contributed by atoms with Gasteiger partial charge in [-0.1, -0.05) is 0 Å². The van der Waals surface area contributed by atoms with E-state index in [0.29, 0.717) is 11.2 Å². The Bertz CT molecular complexity index is 1390. The SMILES string of the molecule is CNc1cc(-c2cnc3n(CCCN4CCOCC4)cccc2-3)nc2c(C(=O)NC3CC[C@@H]3OC)cnn12. The maximum atomic E-state index is 13.1. The standard InChI is InChI=1S/C27H34N8O3/c1-28-24-15-22(31-26-20(17-30-35(24)26)27(36)32-21-6-7-23(21)37-2)19-16-29-25-18(19)5-3-9-34(25)10-4-8-33-11-13-38-14-12-33/h3,5,9,15-17,21,23,28H,4,6-8,10-14H2,1-2H3,(H,32,36)/t21?,23-/m0/s1. The van der Waals surface area contributed by atoms with Crippen molar-refractivity contribution >= 4 is 17.4 Å². The van der Waals surface area contributed by atoms with E-state index >= 15 is 0 Å². The third-order valence-electron chi connectivity index (χ3n) is 7.70. The largest absolute Gasteiger partial charge is 0.379 e. The number of hydrogen-bond acceptors (Lipinski definition) is 8. The number of rotatable bonds is 9. The smallest absolute Gasteiger partial charge is 0.257 e. The number of carbonyl (C=O) groups is 1. The number of carbonyl (C=O) groups excluding carboxylic acids is 1. The number of hydrogen-bond donors (Lipinski definition) is 2. The van der Waals surface area contributed by atoms with Crippen LogP contribution in [-0.2, 0) is 16.0 Å². The molecule has 4 aliphatic rings. The van der Waals surface area contributed by atoms with Crippen molar-refractivity contribution in [1.29, 1.82) is 0 Å². The van der Waals surface area contributed by atoms with Crippen LogP contribution in [0.5, 0.6) is 0 Å². The van der Waals surface area contributed by atoms with Crippen LogP contribution in [0.4, 0.5) is 5.82 Å². The van der Waals surface area contributed by atoms with Crippen molar-refractivity contribution in [1.82, 2.24) is 34.4 Å². The molecule has 2 aromatic heterocycles. The van der Waals surface area contributed by atoms with E-state index in [2.05, 4.69) is 43.5 Å². The maximum Gasteiger partial charge on any atom is 0.257 e. The average Bonchev–Trinajstić information content (AvgIpc) is 3.56. The van der Waals surface area contributed by atoms with E-state index in [1.165, 1.54) is 0 Å². The number of nitrogens with zero attached hydrogens (tertiary/aromatic N) is 6. The maximum absolute atomic E-state index is 13.1. The van der Waals surface area contributed by atoms with Gasteiger partial charge in [0.05, 0.1) is 37.3 Å². The summed E-state index contributed by atoms with van der Waals surface area (Å²) in [5.41, 5.74) is 3.63. The van der Waals surface area contributed by atoms with E-state index < -0.39 is 0 Å². The topological polar surface area (TPSA) is 111 Å². The molecule has 0 radical (unpaired) electrons. The third kappa shape index (κ3) is 4.61. The van der Waals surface area contributed by atoms with E-state index in [4.69, 9.17) is 19.4 Å². The van der Waals surface area contributed by atoms with Crippen LogP contribution in [0.1, 0.15) is 29.6 Å². The Labute approximate surface area is 221 Å². The Morgan fingerprint density at radius 3 is 2.82 bits per heavy atom. The van der Waals surface area contributed by atoms with Gasteiger partial charge in [0.2, 0.25) is 0 Å². The molecule has 6 rings (SSSR count). The number of nitrogens with one attached hydrogen (secondary N) is 2. The lowest BCUT2D eigenvalue weighted by Gasteiger charge is -2.35. The Balaban J connectivity index is 1.26. The van der Waals surface area contributed by atoms with Gasteiger partial charge in [-0.15, -0.1) is 0 Å². The molecule has 200 valence electrons. The fraction of sp³-hybridized carbons (Fsp3) is 0.481. The summed E-state index contributed by atoms with van der Waals surface area (Å²) in [6.07, 6.45) is 8.48. The second kappa shape index (κ2) is 10.7. The predicted molar refractivity (Wildman–Crippen MR) is 144 cm³/mol. The zero-order valence-electron chi connectivity index (χ0n) is 21.9. The Hall–Kier alpha value is -3.54. The summed E-state index contributed by atoms with van der Waals surface area (Å²) in [5, 5.41) is 10.7. The molecule has 0 spiro atoms. The molecule has 2 aromatic rings. The minimum absolute atomic E-state index is 0.0105. The molecule has 3 aliphatic heterocycles. The zero-order valence-corrected chi connectivity index (χ0v) is 21.9. The molecule has 1 aliphatic carbocycles. The molecule has 1 saturated heterocycles. The molecule has 1 saturated carbocycles. The monoisotopic (exact) mass is 518 g/mol. The minimum atomic E-state index is -0.193. The number of amides is 1. The van der Waals surface area contributed by atoms with Gasteiger partial charge < -0.3 is 24.7 Å². The fourth-order valence-electron chi connectivity index (χ4n) is 5.37. The number of aryl methyl sites for hydroxylation is 1. The van der Waals surface area contributed by atoms with Gasteiger partial charge in [-0.3, -0.25) is 9.69 Å². The first-order valence-electron chi connectivity index (χ1n) is 13.3. The van der Waals surface area contributed by atoms with Gasteiger partial charge in [0, 0.05) is 69.9 Å². The van der Waals surface area contributed by atoms with Crippen molar-refractivity contribution in [3.8, 4) is 22.6 Å². The number of morpholine rings is 1. The number of fused-ring (bicyclic) bond motifs is 2. The summed E-state index contributed by atoms with van der Waals surface area (Å²) in [4.78, 5) is 25.3. The molecule has 38 heavy (non-hydrogen) atoms. The highest BCUT2D eigenvalue weighted by Gasteiger charge is 2.33. The Morgan fingerprint density at radius 1 is 1.18 bits per heavy atom. The molecule has 2 N–H and O–H groups in total. The molecule has 1 unspecified atom stereocenters. The molecule has 2 fully saturated rings. The van der Waals surface area contributed by atoms with E-state index in [-0.39, 0.29) is 18.1 Å². The summed E-state index contributed by atoms with van der Waals surface area (Å²) >= 11 is 0. The summed E-state index contributed by atoms with van der Waals surface area (Å²) in [6, 6.07) is 6.09. The van der Waals surface area contributed by atoms with Crippen LogP contribution in [0.2, 0.25) is 0 Å². The first-order valence-corrected chi connectivity index (χ1v) is 13.3. The highest BCUT2D eigenvalue weighted by molar-refractivity contribution is 6.00. The summed E-state index contributed by atoms with van der Waals surface area (Å²) in [7, 11) is 3.51. The molecule has 5 heterocycles. The molecule has 11 heteroatoms. The number of methoxy groups -OCH3 is 1. The molecule has 0 bridgehead atoms. The average molecular weight is 519 g/mol. The first kappa shape index (κ1) is 24.8. The number of anilines is 1. The zero-order chi connectivity index (χ0) is 26.1. The predicted octanol–water partition coefficient (Wildman–Crippen LogP) is 2.37. The van der Waals surface area contributed by atoms with Gasteiger partial charge in [0.1, 0.15) is 17.2 Å². The van der Waals surface area contributed by atoms with Crippen LogP contribution in [0.15, 0.2) is 36.8 Å². The molecule has 1 amide bonds. The van der Waals surface area contributed by atoms with Crippen LogP contribution in [0.25, 0.3) is 28.3 Å². The molecular formula is C27H34N8O3. The molecule has 0 aromatic carbocycles. The van der Waals surface area contributed by atoms with Crippen molar-refractivity contribution in [3.63, 3.8) is 0 Å². The van der Waals surface area contributed by atoms with Crippen LogP contribution in [0, 0.1) is 0 Å². The Morgan fingerprint density at radius 2 is 2.05 bits per heavy atom. The van der Waals surface area contributed by atoms with Gasteiger partial charge in [-0.05, 0) is 31.4 Å². The van der Waals surface area contributed by atoms with Crippen molar-refractivity contribution in [2.75, 3.05) is 52.3 Å². The minimum Gasteiger partial charge on any atom is -0.379 e. The lowest BCUT2D eigenvalue weighted by molar-refractivity contribution is 0.00732. The van der Waals surface area contributed by atoms with E-state index in [0.717, 1.165) is 87.1 Å². The van der Waals surface area contributed by atoms with Gasteiger partial charge >= 0.3 is 0 Å². The highest BCUT2D eigenvalue weighted by Crippen LogP contribution is 2.34. The van der Waals surface area contributed by atoms with Gasteiger partial charge in [-0.2, -0.15) is 9.61 Å². The van der Waals surface area contributed by atoms with E-state index in [9.17, 15) is 4.79 Å². The summed E-state index contributed by atoms with van der Waals surface area (Å²) in [6.45, 7) is 5.56. The molecule has 2 atom stereocenters. The van der Waals surface area contributed by atoms with E-state index in [1.807, 2.05) is 19.3 Å². The van der Waals surface area contributed by atoms with Crippen molar-refractivity contribution in [2.45, 2.75) is 38.0 Å². The van der Waals surface area contributed by atoms with Crippen LogP contribution in [-0.4, -0.2) is 94.1 Å². The Kier molecular flexibility index (Phi) is 6.96. The normalized spacial score (nSPS) is 20.1. The number of ether oxygens (including phenoxy) is 2. The lowest BCUT2D eigenvalue weighted by Crippen LogP contribution is -2.51. The summed E-state index contributed by atoms with van der Waals surface area (Å²) in [5.74, 6) is 1.48. The fourth-order valence-corrected chi connectivity index (χ4v) is 5.37. The third-order valence-corrected chi connectivity index (χ3v) is 7.70. The number of aromatic nitrogens is 5. The molecular weight excluding hydrogens is 484 g/mol.